The van der Waals surface area contributed by atoms with Crippen LogP contribution in [-0.2, 0) is 14.8 Å². The molecule has 2 aromatic carbocycles. The van der Waals surface area contributed by atoms with Gasteiger partial charge in [-0.1, -0.05) is 30.7 Å². The molecule has 1 heterocycles. The maximum atomic E-state index is 13.1. The van der Waals surface area contributed by atoms with Crippen LogP contribution in [0.1, 0.15) is 35.7 Å². The van der Waals surface area contributed by atoms with Crippen molar-refractivity contribution in [3.63, 3.8) is 0 Å². The van der Waals surface area contributed by atoms with E-state index in [1.54, 1.807) is 18.2 Å². The lowest BCUT2D eigenvalue weighted by Gasteiger charge is -2.30. The third-order valence-electron chi connectivity index (χ3n) is 5.11. The van der Waals surface area contributed by atoms with E-state index < -0.39 is 21.8 Å². The molecule has 10 heteroatoms. The highest BCUT2D eigenvalue weighted by atomic mass is 35.5. The normalized spacial score (nSPS) is 16.9. The van der Waals surface area contributed by atoms with Gasteiger partial charge in [-0.25, -0.2) is 8.42 Å². The number of hydrazine groups is 1. The van der Waals surface area contributed by atoms with E-state index in [4.69, 9.17) is 16.3 Å². The number of halogens is 1. The fourth-order valence-corrected chi connectivity index (χ4v) is 5.53. The lowest BCUT2D eigenvalue weighted by Crippen LogP contribution is -2.44. The van der Waals surface area contributed by atoms with Crippen LogP contribution in [0.3, 0.4) is 0 Å². The summed E-state index contributed by atoms with van der Waals surface area (Å²) in [6.07, 6.45) is 1.74. The number of benzene rings is 2. The van der Waals surface area contributed by atoms with E-state index in [1.807, 2.05) is 19.9 Å². The first-order valence-electron chi connectivity index (χ1n) is 10.2. The number of hydrogen-bond acceptors (Lipinski definition) is 5. The van der Waals surface area contributed by atoms with Crippen LogP contribution in [0.25, 0.3) is 0 Å². The predicted octanol–water partition coefficient (Wildman–Crippen LogP) is 2.91. The van der Waals surface area contributed by atoms with Crippen molar-refractivity contribution in [1.29, 1.82) is 0 Å². The van der Waals surface area contributed by atoms with Crippen molar-refractivity contribution >= 4 is 33.4 Å². The van der Waals surface area contributed by atoms with Gasteiger partial charge in [0.15, 0.2) is 6.61 Å². The number of aryl methyl sites for hydroxylation is 1. The predicted molar refractivity (Wildman–Crippen MR) is 121 cm³/mol. The first-order valence-corrected chi connectivity index (χ1v) is 12.1. The standard InChI is InChI=1S/C22H26ClN3O5S/c1-15-5-3-7-18(11-15)31-14-21(27)24-25-22(28)17-8-9-19(23)20(12-17)32(29,30)26-10-4-6-16(2)13-26/h3,5,7-9,11-12,16H,4,6,10,13-14H2,1-2H3,(H,24,27)(H,25,28). The van der Waals surface area contributed by atoms with Crippen molar-refractivity contribution in [2.45, 2.75) is 31.6 Å². The lowest BCUT2D eigenvalue weighted by atomic mass is 10.0. The Morgan fingerprint density at radius 3 is 2.69 bits per heavy atom. The summed E-state index contributed by atoms with van der Waals surface area (Å²) in [5.41, 5.74) is 5.56. The maximum Gasteiger partial charge on any atom is 0.276 e. The van der Waals surface area contributed by atoms with Gasteiger partial charge in [-0.2, -0.15) is 4.31 Å². The maximum absolute atomic E-state index is 13.1. The molecule has 1 fully saturated rings. The summed E-state index contributed by atoms with van der Waals surface area (Å²) >= 11 is 6.16. The van der Waals surface area contributed by atoms with E-state index in [9.17, 15) is 18.0 Å². The molecule has 0 aliphatic carbocycles. The smallest absolute Gasteiger partial charge is 0.276 e. The number of rotatable bonds is 6. The fraction of sp³-hybridized carbons (Fsp3) is 0.364. The van der Waals surface area contributed by atoms with Crippen molar-refractivity contribution in [1.82, 2.24) is 15.2 Å². The van der Waals surface area contributed by atoms with Crippen LogP contribution in [-0.4, -0.2) is 44.2 Å². The Labute approximate surface area is 192 Å². The number of nitrogens with zero attached hydrogens (tertiary/aromatic N) is 1. The summed E-state index contributed by atoms with van der Waals surface area (Å²) in [7, 11) is -3.84. The van der Waals surface area contributed by atoms with Gasteiger partial charge in [-0.15, -0.1) is 0 Å². The molecule has 2 N–H and O–H groups in total. The van der Waals surface area contributed by atoms with Crippen LogP contribution in [0, 0.1) is 12.8 Å². The zero-order valence-electron chi connectivity index (χ0n) is 17.9. The second kappa shape index (κ2) is 10.3. The topological polar surface area (TPSA) is 105 Å². The van der Waals surface area contributed by atoms with E-state index in [-0.39, 0.29) is 28.0 Å². The van der Waals surface area contributed by atoms with Gasteiger partial charge in [0.1, 0.15) is 10.6 Å². The largest absolute Gasteiger partial charge is 0.484 e. The first kappa shape index (κ1) is 24.0. The Morgan fingerprint density at radius 1 is 1.19 bits per heavy atom. The van der Waals surface area contributed by atoms with Gasteiger partial charge < -0.3 is 4.74 Å². The van der Waals surface area contributed by atoms with Crippen LogP contribution < -0.4 is 15.6 Å². The summed E-state index contributed by atoms with van der Waals surface area (Å²) < 4.78 is 32.9. The van der Waals surface area contributed by atoms with Crippen LogP contribution in [0.2, 0.25) is 5.02 Å². The van der Waals surface area contributed by atoms with E-state index in [0.29, 0.717) is 18.8 Å². The molecule has 8 nitrogen and oxygen atoms in total. The Balaban J connectivity index is 1.62. The number of piperidine rings is 1. The molecule has 2 aromatic rings. The summed E-state index contributed by atoms with van der Waals surface area (Å²) in [5, 5.41) is 0.0374. The molecule has 172 valence electrons. The van der Waals surface area contributed by atoms with Gasteiger partial charge in [0.25, 0.3) is 11.8 Å². The molecule has 0 bridgehead atoms. The molecular weight excluding hydrogens is 454 g/mol. The number of sulfonamides is 1. The molecule has 1 aliphatic heterocycles. The molecule has 1 atom stereocenters. The van der Waals surface area contributed by atoms with Gasteiger partial charge in [-0.3, -0.25) is 20.4 Å². The first-order chi connectivity index (χ1) is 15.2. The summed E-state index contributed by atoms with van der Waals surface area (Å²) in [6, 6.07) is 11.2. The zero-order chi connectivity index (χ0) is 23.3. The summed E-state index contributed by atoms with van der Waals surface area (Å²) in [4.78, 5) is 24.3. The summed E-state index contributed by atoms with van der Waals surface area (Å²) in [6.45, 7) is 4.43. The molecule has 0 saturated carbocycles. The highest BCUT2D eigenvalue weighted by Gasteiger charge is 2.31. The Bertz CT molecular complexity index is 1110. The van der Waals surface area contributed by atoms with Crippen LogP contribution >= 0.6 is 11.6 Å². The quantitative estimate of drug-likeness (QED) is 0.620. The monoisotopic (exact) mass is 479 g/mol. The molecule has 1 unspecified atom stereocenters. The number of ether oxygens (including phenoxy) is 1. The van der Waals surface area contributed by atoms with E-state index in [1.165, 1.54) is 22.5 Å². The van der Waals surface area contributed by atoms with Gasteiger partial charge in [0, 0.05) is 18.7 Å². The van der Waals surface area contributed by atoms with Gasteiger partial charge in [-0.05, 0) is 61.6 Å². The molecule has 1 aliphatic rings. The van der Waals surface area contributed by atoms with Crippen molar-refractivity contribution in [2.24, 2.45) is 5.92 Å². The van der Waals surface area contributed by atoms with E-state index in [0.717, 1.165) is 18.4 Å². The van der Waals surface area contributed by atoms with Crippen molar-refractivity contribution < 1.29 is 22.7 Å². The number of nitrogens with one attached hydrogen (secondary N) is 2. The minimum Gasteiger partial charge on any atom is -0.484 e. The molecule has 3 rings (SSSR count). The van der Waals surface area contributed by atoms with E-state index in [2.05, 4.69) is 10.9 Å². The van der Waals surface area contributed by atoms with Gasteiger partial charge in [0.05, 0.1) is 5.02 Å². The van der Waals surface area contributed by atoms with Crippen molar-refractivity contribution in [3.8, 4) is 5.75 Å². The lowest BCUT2D eigenvalue weighted by molar-refractivity contribution is -0.123. The van der Waals surface area contributed by atoms with Gasteiger partial charge in [0.2, 0.25) is 10.0 Å². The SMILES string of the molecule is Cc1cccc(OCC(=O)NNC(=O)c2ccc(Cl)c(S(=O)(=O)N3CCCC(C)C3)c2)c1. The number of hydrogen-bond donors (Lipinski definition) is 2. The van der Waals surface area contributed by atoms with E-state index >= 15 is 0 Å². The minimum absolute atomic E-state index is 0.0374. The highest BCUT2D eigenvalue weighted by Crippen LogP contribution is 2.29. The third-order valence-corrected chi connectivity index (χ3v) is 7.45. The number of carbonyl (C=O) groups excluding carboxylic acids is 2. The number of carbonyl (C=O) groups is 2. The third kappa shape index (κ3) is 5.99. The molecule has 1 saturated heterocycles. The van der Waals surface area contributed by atoms with Crippen LogP contribution in [0.15, 0.2) is 47.4 Å². The Morgan fingerprint density at radius 2 is 1.97 bits per heavy atom. The molecule has 0 radical (unpaired) electrons. The molecule has 0 aromatic heterocycles. The summed E-state index contributed by atoms with van der Waals surface area (Å²) in [5.74, 6) is -0.454. The van der Waals surface area contributed by atoms with Gasteiger partial charge >= 0.3 is 0 Å². The average molecular weight is 480 g/mol. The average Bonchev–Trinajstić information content (AvgIpc) is 2.76. The fourth-order valence-electron chi connectivity index (χ4n) is 3.43. The molecule has 0 spiro atoms. The minimum atomic E-state index is -3.84. The number of amides is 2. The second-order valence-corrected chi connectivity index (χ2v) is 10.2. The molecular formula is C22H26ClN3O5S. The van der Waals surface area contributed by atoms with Crippen LogP contribution in [0.4, 0.5) is 0 Å². The highest BCUT2D eigenvalue weighted by molar-refractivity contribution is 7.89. The molecule has 2 amide bonds. The van der Waals surface area contributed by atoms with Crippen molar-refractivity contribution in [3.05, 3.63) is 58.6 Å². The Kier molecular flexibility index (Phi) is 7.76. The van der Waals surface area contributed by atoms with Crippen LogP contribution in [0.5, 0.6) is 5.75 Å². The van der Waals surface area contributed by atoms with Crippen molar-refractivity contribution in [2.75, 3.05) is 19.7 Å². The zero-order valence-corrected chi connectivity index (χ0v) is 19.5. The Hall–Kier alpha value is -2.62. The second-order valence-electron chi connectivity index (χ2n) is 7.86. The molecule has 32 heavy (non-hydrogen) atoms.